The minimum Gasteiger partial charge on any atom is -0.493 e. The third-order valence-corrected chi connectivity index (χ3v) is 8.47. The van der Waals surface area contributed by atoms with Gasteiger partial charge in [0.25, 0.3) is 11.1 Å². The third-order valence-electron chi connectivity index (χ3n) is 8.47. The van der Waals surface area contributed by atoms with Gasteiger partial charge in [-0.1, -0.05) is 0 Å². The van der Waals surface area contributed by atoms with Gasteiger partial charge in [-0.05, 0) is 55.6 Å². The van der Waals surface area contributed by atoms with E-state index >= 15 is 0 Å². The van der Waals surface area contributed by atoms with Gasteiger partial charge < -0.3 is 35.1 Å². The normalized spacial score (nSPS) is 12.7. The number of nitrogens with one attached hydrogen (secondary N) is 3. The van der Waals surface area contributed by atoms with Gasteiger partial charge in [0.15, 0.2) is 17.3 Å². The molecule has 6 heterocycles. The lowest BCUT2D eigenvalue weighted by Crippen LogP contribution is -2.43. The first-order chi connectivity index (χ1) is 25.3. The number of halogens is 1. The Kier molecular flexibility index (Phi) is 11.2. The molecule has 0 unspecified atom stereocenters. The van der Waals surface area contributed by atoms with Crippen LogP contribution in [0.25, 0.3) is 33.8 Å². The number of anilines is 2. The molecule has 6 aromatic rings. The summed E-state index contributed by atoms with van der Waals surface area (Å²) in [6, 6.07) is 17.1. The molecule has 0 bridgehead atoms. The summed E-state index contributed by atoms with van der Waals surface area (Å²) in [6.07, 6.45) is 5.00. The van der Waals surface area contributed by atoms with E-state index in [-0.39, 0.29) is 17.0 Å². The van der Waals surface area contributed by atoms with E-state index in [4.69, 9.17) is 14.2 Å². The summed E-state index contributed by atoms with van der Waals surface area (Å²) in [5, 5.41) is 9.63. The number of hydrogen-bond acceptors (Lipinski definition) is 12. The smallest absolute Gasteiger partial charge is 0.258 e. The average molecular weight is 710 g/mol. The molecule has 7 rings (SSSR count). The standard InChI is InChI=1S/C19H22N4O3.C18H18FN5O2/c1-20-8-9-21-14-5-7-18-22-15(11-19(24)23(18)12-14)13-4-6-16(25-2)17(10-13)26-3;1-26-18-14(19)8-12(10-21-18)15-9-17(25)24-11-13(2-3-16(24)22-15)23-6-4-20-5-7-23/h4-7,10-12,20-21H,8-9H2,1-3H3;2-3,8-11,20H,4-7H2,1H3. The number of pyridine rings is 3. The van der Waals surface area contributed by atoms with Crippen LogP contribution in [-0.4, -0.2) is 91.4 Å². The van der Waals surface area contributed by atoms with E-state index in [1.807, 2.05) is 37.4 Å². The van der Waals surface area contributed by atoms with Crippen molar-refractivity contribution in [3.05, 3.63) is 106 Å². The second-order valence-electron chi connectivity index (χ2n) is 11.8. The number of benzene rings is 1. The SMILES string of the molecule is CNCCNc1ccc2nc(-c3ccc(OC)c(OC)c3)cc(=O)n2c1.COc1ncc(-c2cc(=O)n3cc(N4CCNCC4)ccc3n2)cc1F. The lowest BCUT2D eigenvalue weighted by atomic mass is 10.1. The zero-order valence-corrected chi connectivity index (χ0v) is 29.4. The number of ether oxygens (including phenoxy) is 3. The van der Waals surface area contributed by atoms with Crippen LogP contribution < -0.4 is 46.2 Å². The van der Waals surface area contributed by atoms with Crippen molar-refractivity contribution in [3.63, 3.8) is 0 Å². The third kappa shape index (κ3) is 7.95. The van der Waals surface area contributed by atoms with Gasteiger partial charge in [0.1, 0.15) is 11.3 Å². The van der Waals surface area contributed by atoms with Crippen molar-refractivity contribution >= 4 is 22.7 Å². The van der Waals surface area contributed by atoms with Crippen molar-refractivity contribution in [2.24, 2.45) is 0 Å². The molecule has 270 valence electrons. The monoisotopic (exact) mass is 709 g/mol. The largest absolute Gasteiger partial charge is 0.493 e. The number of rotatable bonds is 10. The molecule has 3 N–H and O–H groups in total. The van der Waals surface area contributed by atoms with Crippen molar-refractivity contribution < 1.29 is 18.6 Å². The molecule has 1 aromatic carbocycles. The van der Waals surface area contributed by atoms with Crippen molar-refractivity contribution in [3.8, 4) is 39.9 Å². The zero-order valence-electron chi connectivity index (χ0n) is 29.4. The molecule has 1 fully saturated rings. The first kappa shape index (κ1) is 35.8. The van der Waals surface area contributed by atoms with Gasteiger partial charge in [-0.2, -0.15) is 0 Å². The van der Waals surface area contributed by atoms with Crippen molar-refractivity contribution in [1.29, 1.82) is 0 Å². The number of piperazine rings is 1. The van der Waals surface area contributed by atoms with Gasteiger partial charge in [-0.3, -0.25) is 18.4 Å². The van der Waals surface area contributed by atoms with E-state index in [9.17, 15) is 14.0 Å². The molecule has 0 aliphatic carbocycles. The lowest BCUT2D eigenvalue weighted by molar-refractivity contribution is 0.355. The molecular formula is C37H40FN9O5. The molecule has 0 spiro atoms. The van der Waals surface area contributed by atoms with E-state index < -0.39 is 5.82 Å². The minimum atomic E-state index is -0.596. The molecule has 0 atom stereocenters. The average Bonchev–Trinajstić information content (AvgIpc) is 3.18. The van der Waals surface area contributed by atoms with Crippen LogP contribution in [0.4, 0.5) is 15.8 Å². The summed E-state index contributed by atoms with van der Waals surface area (Å²) in [6.45, 7) is 5.22. The molecule has 5 aromatic heterocycles. The summed E-state index contributed by atoms with van der Waals surface area (Å²) in [5.74, 6) is 0.537. The molecule has 0 radical (unpaired) electrons. The summed E-state index contributed by atoms with van der Waals surface area (Å²) in [7, 11) is 6.40. The van der Waals surface area contributed by atoms with Crippen LogP contribution in [0.15, 0.2) is 88.8 Å². The van der Waals surface area contributed by atoms with E-state index in [2.05, 4.69) is 35.8 Å². The fourth-order valence-corrected chi connectivity index (χ4v) is 5.75. The second kappa shape index (κ2) is 16.3. The Labute approximate surface area is 298 Å². The Bertz CT molecular complexity index is 2310. The van der Waals surface area contributed by atoms with Gasteiger partial charge >= 0.3 is 0 Å². The van der Waals surface area contributed by atoms with E-state index in [0.717, 1.165) is 56.2 Å². The van der Waals surface area contributed by atoms with Gasteiger partial charge in [-0.25, -0.2) is 19.3 Å². The maximum atomic E-state index is 13.9. The highest BCUT2D eigenvalue weighted by atomic mass is 19.1. The molecular weight excluding hydrogens is 669 g/mol. The Morgan fingerprint density at radius 1 is 0.769 bits per heavy atom. The highest BCUT2D eigenvalue weighted by Crippen LogP contribution is 2.31. The maximum Gasteiger partial charge on any atom is 0.258 e. The molecule has 1 aliphatic heterocycles. The van der Waals surface area contributed by atoms with Gasteiger partial charge in [0, 0.05) is 81.1 Å². The number of hydrogen-bond donors (Lipinski definition) is 3. The van der Waals surface area contributed by atoms with E-state index in [0.29, 0.717) is 39.7 Å². The highest BCUT2D eigenvalue weighted by molar-refractivity contribution is 5.66. The summed E-state index contributed by atoms with van der Waals surface area (Å²) >= 11 is 0. The van der Waals surface area contributed by atoms with Crippen molar-refractivity contribution in [1.82, 2.24) is 34.4 Å². The van der Waals surface area contributed by atoms with Crippen LogP contribution in [-0.2, 0) is 0 Å². The van der Waals surface area contributed by atoms with Crippen LogP contribution in [0.2, 0.25) is 0 Å². The fourth-order valence-electron chi connectivity index (χ4n) is 5.75. The molecule has 0 amide bonds. The van der Waals surface area contributed by atoms with Crippen LogP contribution in [0, 0.1) is 5.82 Å². The lowest BCUT2D eigenvalue weighted by Gasteiger charge is -2.29. The Morgan fingerprint density at radius 3 is 2.10 bits per heavy atom. The summed E-state index contributed by atoms with van der Waals surface area (Å²) < 4.78 is 32.3. The molecule has 1 aliphatic rings. The number of fused-ring (bicyclic) bond motifs is 2. The van der Waals surface area contributed by atoms with Crippen LogP contribution in [0.1, 0.15) is 0 Å². The van der Waals surface area contributed by atoms with E-state index in [1.54, 1.807) is 38.7 Å². The highest BCUT2D eigenvalue weighted by Gasteiger charge is 2.14. The van der Waals surface area contributed by atoms with Gasteiger partial charge in [0.05, 0.1) is 44.1 Å². The molecule has 52 heavy (non-hydrogen) atoms. The summed E-state index contributed by atoms with van der Waals surface area (Å²) in [4.78, 5) is 40.3. The minimum absolute atomic E-state index is 0.0908. The number of aromatic nitrogens is 5. The second-order valence-corrected chi connectivity index (χ2v) is 11.8. The predicted molar refractivity (Wildman–Crippen MR) is 199 cm³/mol. The number of methoxy groups -OCH3 is 3. The maximum absolute atomic E-state index is 13.9. The Morgan fingerprint density at radius 2 is 1.44 bits per heavy atom. The first-order valence-corrected chi connectivity index (χ1v) is 16.6. The molecule has 0 saturated carbocycles. The summed E-state index contributed by atoms with van der Waals surface area (Å²) in [5.41, 5.74) is 4.75. The van der Waals surface area contributed by atoms with Crippen molar-refractivity contribution in [2.45, 2.75) is 0 Å². The molecule has 1 saturated heterocycles. The predicted octanol–water partition coefficient (Wildman–Crippen LogP) is 3.32. The first-order valence-electron chi connectivity index (χ1n) is 16.6. The number of likely N-dealkylation sites (N-methyl/N-ethyl adjacent to an activating group) is 1. The Balaban J connectivity index is 0.000000179. The van der Waals surface area contributed by atoms with Crippen LogP contribution in [0.3, 0.4) is 0 Å². The fraction of sp³-hybridized carbons (Fsp3) is 0.270. The van der Waals surface area contributed by atoms with Crippen molar-refractivity contribution in [2.75, 3.05) is 77.9 Å². The Hall–Kier alpha value is -6.06. The van der Waals surface area contributed by atoms with E-state index in [1.165, 1.54) is 40.3 Å². The number of nitrogens with zero attached hydrogens (tertiary/aromatic N) is 6. The molecule has 14 nitrogen and oxygen atoms in total. The topological polar surface area (TPSA) is 149 Å². The molecule has 15 heteroatoms. The van der Waals surface area contributed by atoms with Gasteiger partial charge in [0.2, 0.25) is 5.88 Å². The quantitative estimate of drug-likeness (QED) is 0.179. The van der Waals surface area contributed by atoms with Crippen LogP contribution >= 0.6 is 0 Å². The zero-order chi connectivity index (χ0) is 36.6. The van der Waals surface area contributed by atoms with Crippen LogP contribution in [0.5, 0.6) is 17.4 Å². The van der Waals surface area contributed by atoms with Gasteiger partial charge in [-0.15, -0.1) is 0 Å².